The summed E-state index contributed by atoms with van der Waals surface area (Å²) < 4.78 is 17.8. The maximum Gasteiger partial charge on any atom is 0.245 e. The summed E-state index contributed by atoms with van der Waals surface area (Å²) in [5.74, 6) is 6.10. The highest BCUT2D eigenvalue weighted by Crippen LogP contribution is 2.54. The molecule has 2 heterocycles. The van der Waals surface area contributed by atoms with Crippen molar-refractivity contribution < 1.29 is 31.0 Å². The third-order valence-electron chi connectivity index (χ3n) is 9.10. The number of imidazole rings is 2. The molecule has 2 aromatic heterocycles. The zero-order chi connectivity index (χ0) is 25.4. The van der Waals surface area contributed by atoms with E-state index in [-0.39, 0.29) is 17.0 Å². The van der Waals surface area contributed by atoms with Crippen LogP contribution in [0.1, 0.15) is 12.8 Å². The van der Waals surface area contributed by atoms with Crippen LogP contribution in [-0.2, 0) is 30.3 Å². The number of allylic oxidation sites excluding steroid dienone is 6. The van der Waals surface area contributed by atoms with Gasteiger partial charge in [0.1, 0.15) is 17.9 Å². The first kappa shape index (κ1) is 27.8. The summed E-state index contributed by atoms with van der Waals surface area (Å²) in [6, 6.07) is 0. The van der Waals surface area contributed by atoms with Crippen molar-refractivity contribution in [3.8, 4) is 0 Å². The molecule has 2 saturated carbocycles. The second-order valence-corrected chi connectivity index (χ2v) is 11.8. The Morgan fingerprint density at radius 2 is 1.45 bits per heavy atom. The van der Waals surface area contributed by atoms with E-state index in [0.29, 0.717) is 30.4 Å². The highest BCUT2D eigenvalue weighted by Gasteiger charge is 2.50. The Kier molecular flexibility index (Phi) is 8.92. The van der Waals surface area contributed by atoms with Gasteiger partial charge in [-0.15, -0.1) is 0 Å². The van der Waals surface area contributed by atoms with Crippen LogP contribution < -0.4 is 21.5 Å². The molecular weight excluding hydrogens is 608 g/mol. The van der Waals surface area contributed by atoms with Crippen LogP contribution in [0.25, 0.3) is 0 Å². The van der Waals surface area contributed by atoms with Gasteiger partial charge in [-0.25, -0.2) is 14.1 Å². The minimum atomic E-state index is 0. The molecule has 6 aliphatic rings. The summed E-state index contributed by atoms with van der Waals surface area (Å²) in [7, 11) is 3.97. The van der Waals surface area contributed by atoms with Crippen molar-refractivity contribution in [1.82, 2.24) is 14.1 Å². The van der Waals surface area contributed by atoms with Crippen LogP contribution >= 0.6 is 15.9 Å². The van der Waals surface area contributed by atoms with Gasteiger partial charge in [-0.2, -0.15) is 0 Å². The summed E-state index contributed by atoms with van der Waals surface area (Å²) in [6.45, 7) is 0.653. The smallest absolute Gasteiger partial charge is 0.245 e. The Balaban J connectivity index is 0.000000129. The van der Waals surface area contributed by atoms with Crippen molar-refractivity contribution in [3.05, 3.63) is 86.1 Å². The summed E-state index contributed by atoms with van der Waals surface area (Å²) >= 11 is 3.34. The van der Waals surface area contributed by atoms with Crippen LogP contribution in [0.2, 0.25) is 0 Å². The second kappa shape index (κ2) is 12.2. The Labute approximate surface area is 245 Å². The number of hydrogen-bond donors (Lipinski definition) is 0. The van der Waals surface area contributed by atoms with E-state index in [0.717, 1.165) is 41.4 Å². The summed E-state index contributed by atoms with van der Waals surface area (Å²) in [5, 5.41) is 0. The number of aryl methyl sites for hydroxylation is 2. The van der Waals surface area contributed by atoms with E-state index in [1.165, 1.54) is 12.8 Å². The van der Waals surface area contributed by atoms with Gasteiger partial charge in [-0.05, 0) is 48.3 Å². The molecule has 0 radical (unpaired) electrons. The number of alkyl halides is 1. The summed E-state index contributed by atoms with van der Waals surface area (Å²) in [5.41, 5.74) is 0.659. The molecule has 10 atom stereocenters. The van der Waals surface area contributed by atoms with Gasteiger partial charge in [0.2, 0.25) is 6.33 Å². The second-order valence-electron chi connectivity index (χ2n) is 11.3. The Hall–Kier alpha value is -1.74. The number of halogens is 2. The van der Waals surface area contributed by atoms with Crippen molar-refractivity contribution >= 4 is 15.9 Å². The first-order valence-electron chi connectivity index (χ1n) is 13.6. The lowest BCUT2D eigenvalue weighted by Crippen LogP contribution is -3.00. The van der Waals surface area contributed by atoms with Gasteiger partial charge in [0, 0.05) is 31.3 Å². The minimum absolute atomic E-state index is 0. The Bertz CT molecular complexity index is 1170. The van der Waals surface area contributed by atoms with E-state index in [9.17, 15) is 0 Å². The first-order valence-corrected chi connectivity index (χ1v) is 14.7. The van der Waals surface area contributed by atoms with Crippen molar-refractivity contribution in [2.45, 2.75) is 31.8 Å². The number of fused-ring (bicyclic) bond motifs is 10. The molecule has 0 aliphatic heterocycles. The normalized spacial score (nSPS) is 37.4. The van der Waals surface area contributed by atoms with Crippen molar-refractivity contribution in [3.63, 3.8) is 0 Å². The molecule has 4 bridgehead atoms. The summed E-state index contributed by atoms with van der Waals surface area (Å²) in [4.78, 5) is 3.78. The quantitative estimate of drug-likeness (QED) is 0.283. The lowest BCUT2D eigenvalue weighted by Gasteiger charge is -2.25. The van der Waals surface area contributed by atoms with E-state index >= 15 is 0 Å². The molecule has 8 rings (SSSR count). The van der Waals surface area contributed by atoms with E-state index in [2.05, 4.69) is 86.6 Å². The molecule has 0 amide bonds. The number of hydrogen-bond acceptors (Lipinski definition) is 3. The van der Waals surface area contributed by atoms with Crippen molar-refractivity contribution in [2.24, 2.45) is 61.4 Å². The zero-order valence-electron chi connectivity index (χ0n) is 22.0. The number of ether oxygens (including phenoxy) is 2. The van der Waals surface area contributed by atoms with Crippen molar-refractivity contribution in [2.75, 3.05) is 5.52 Å². The third kappa shape index (κ3) is 5.60. The van der Waals surface area contributed by atoms with Gasteiger partial charge in [-0.1, -0.05) is 64.5 Å². The maximum atomic E-state index is 6.10. The lowest BCUT2D eigenvalue weighted by molar-refractivity contribution is -0.671. The van der Waals surface area contributed by atoms with Crippen LogP contribution in [0.3, 0.4) is 0 Å². The molecule has 0 N–H and O–H groups in total. The Morgan fingerprint density at radius 3 is 1.92 bits per heavy atom. The molecule has 38 heavy (non-hydrogen) atoms. The molecule has 8 heteroatoms. The predicted molar refractivity (Wildman–Crippen MR) is 146 cm³/mol. The fraction of sp³-hybridized carbons (Fsp3) is 0.533. The third-order valence-corrected chi connectivity index (χ3v) is 9.37. The fourth-order valence-corrected chi connectivity index (χ4v) is 7.78. The minimum Gasteiger partial charge on any atom is -1.00 e. The number of aromatic nitrogens is 4. The SMILES string of the molecule is BrCO[C@@H]1C=C[C@H]2C3C=CC(C3)[C@@H]12.C[n+]1ccn(CO[C@@H]2C=C[C@H]3C4C=CC(C4)[C@@H]23)c1.Cn1ccnc1.[Br-]. The van der Waals surface area contributed by atoms with E-state index in [1.807, 2.05) is 35.6 Å². The molecule has 6 nitrogen and oxygen atoms in total. The van der Waals surface area contributed by atoms with Crippen molar-refractivity contribution in [1.29, 1.82) is 0 Å². The van der Waals surface area contributed by atoms with Gasteiger partial charge in [0.15, 0.2) is 6.73 Å². The van der Waals surface area contributed by atoms with Gasteiger partial charge >= 0.3 is 0 Å². The molecule has 204 valence electrons. The molecule has 0 saturated heterocycles. The van der Waals surface area contributed by atoms with Gasteiger partial charge in [0.25, 0.3) is 0 Å². The topological polar surface area (TPSA) is 45.1 Å². The molecule has 6 aliphatic carbocycles. The largest absolute Gasteiger partial charge is 1.00 e. The average Bonchev–Trinajstić information content (AvgIpc) is 3.70. The fourth-order valence-electron chi connectivity index (χ4n) is 7.48. The first-order chi connectivity index (χ1) is 18.1. The maximum absolute atomic E-state index is 6.10. The number of nitrogens with zero attached hydrogens (tertiary/aromatic N) is 4. The molecule has 2 fully saturated rings. The van der Waals surface area contributed by atoms with Crippen LogP contribution in [0.5, 0.6) is 0 Å². The van der Waals surface area contributed by atoms with Crippen LogP contribution in [0, 0.1) is 47.3 Å². The van der Waals surface area contributed by atoms with E-state index < -0.39 is 0 Å². The predicted octanol–water partition coefficient (Wildman–Crippen LogP) is 1.82. The van der Waals surface area contributed by atoms with Crippen LogP contribution in [-0.4, -0.2) is 31.8 Å². The monoisotopic (exact) mass is 644 g/mol. The van der Waals surface area contributed by atoms with Crippen LogP contribution in [0.15, 0.2) is 86.1 Å². The van der Waals surface area contributed by atoms with Gasteiger partial charge in [-0.3, -0.25) is 0 Å². The highest BCUT2D eigenvalue weighted by molar-refractivity contribution is 9.09. The number of rotatable bonds is 5. The van der Waals surface area contributed by atoms with E-state index in [4.69, 9.17) is 9.47 Å². The summed E-state index contributed by atoms with van der Waals surface area (Å²) in [6.07, 6.45) is 33.8. The molecule has 2 aromatic rings. The molecular formula is C30H38Br2N4O2. The lowest BCUT2D eigenvalue weighted by atomic mass is 9.84. The highest BCUT2D eigenvalue weighted by atomic mass is 79.9. The van der Waals surface area contributed by atoms with Gasteiger partial charge < -0.3 is 31.0 Å². The zero-order valence-corrected chi connectivity index (χ0v) is 25.2. The van der Waals surface area contributed by atoms with E-state index in [1.54, 1.807) is 12.5 Å². The van der Waals surface area contributed by atoms with Crippen LogP contribution in [0.4, 0.5) is 0 Å². The standard InChI is InChI=1S/C15H19N2O.C11H13BrO.C4H6N2.BrH/c1-16-6-7-17(9-16)10-18-14-5-4-13-11-2-3-12(8-11)15(13)14;12-6-13-10-4-3-9-7-1-2-8(5-7)11(9)10;1-6-3-2-5-4-6;/h2-7,9,11-15H,8,10H2,1H3;1-4,7-11H,5-6H2;2-4H,1H3;1H/q+1;;;/p-1/t11?,12?,13-,14+,15+;7?,8?,9-,10+,11+;;/m00../s1. The molecule has 0 spiro atoms. The average molecular weight is 646 g/mol. The molecule has 4 unspecified atom stereocenters. The molecule has 0 aromatic carbocycles. The van der Waals surface area contributed by atoms with Gasteiger partial charge in [0.05, 0.1) is 25.6 Å². The Morgan fingerprint density at radius 1 is 0.842 bits per heavy atom.